The van der Waals surface area contributed by atoms with E-state index in [1.807, 2.05) is 4.90 Å². The van der Waals surface area contributed by atoms with E-state index in [0.717, 1.165) is 25.4 Å². The first-order valence-electron chi connectivity index (χ1n) is 11.3. The van der Waals surface area contributed by atoms with Crippen LogP contribution >= 0.6 is 0 Å². The normalized spacial score (nSPS) is 20.1. The summed E-state index contributed by atoms with van der Waals surface area (Å²) >= 11 is 0. The number of hydrogen-bond donors (Lipinski definition) is 2. The monoisotopic (exact) mass is 437 g/mol. The SMILES string of the molecule is COc1cccc(NC(=O)Nc2ccc(C(=O)N3CC[C@H]4CCCC[C@H]4C3)c(OC)c2)c1. The minimum atomic E-state index is -0.390. The standard InChI is InChI=1S/C25H31N3O4/c1-31-21-9-5-8-19(14-21)26-25(30)27-20-10-11-22(23(15-20)32-2)24(29)28-13-12-17-6-3-4-7-18(17)16-28/h5,8-11,14-15,17-18H,3-4,6-7,12-13,16H2,1-2H3,(H2,26,27,30)/t17-,18+/m1/s1. The summed E-state index contributed by atoms with van der Waals surface area (Å²) in [6.45, 7) is 1.63. The van der Waals surface area contributed by atoms with Gasteiger partial charge in [-0.1, -0.05) is 25.3 Å². The van der Waals surface area contributed by atoms with Crippen LogP contribution in [0.4, 0.5) is 16.2 Å². The number of amides is 3. The van der Waals surface area contributed by atoms with Crippen LogP contribution in [-0.2, 0) is 0 Å². The number of rotatable bonds is 5. The number of ether oxygens (including phenoxy) is 2. The van der Waals surface area contributed by atoms with Gasteiger partial charge in [-0.2, -0.15) is 0 Å². The van der Waals surface area contributed by atoms with E-state index in [-0.39, 0.29) is 5.91 Å². The van der Waals surface area contributed by atoms with Crippen LogP contribution in [0.2, 0.25) is 0 Å². The van der Waals surface area contributed by atoms with Crippen LogP contribution in [0.3, 0.4) is 0 Å². The molecular formula is C25H31N3O4. The van der Waals surface area contributed by atoms with Crippen molar-refractivity contribution < 1.29 is 19.1 Å². The van der Waals surface area contributed by atoms with Gasteiger partial charge in [0, 0.05) is 36.6 Å². The Morgan fingerprint density at radius 2 is 1.66 bits per heavy atom. The third-order valence-electron chi connectivity index (χ3n) is 6.60. The molecule has 2 aromatic carbocycles. The van der Waals surface area contributed by atoms with Gasteiger partial charge in [0.05, 0.1) is 19.8 Å². The van der Waals surface area contributed by atoms with Crippen LogP contribution in [-0.4, -0.2) is 44.1 Å². The number of anilines is 2. The van der Waals surface area contributed by atoms with Gasteiger partial charge in [0.25, 0.3) is 5.91 Å². The smallest absolute Gasteiger partial charge is 0.323 e. The summed E-state index contributed by atoms with van der Waals surface area (Å²) in [6.07, 6.45) is 6.20. The lowest BCUT2D eigenvalue weighted by atomic mass is 9.75. The average molecular weight is 438 g/mol. The lowest BCUT2D eigenvalue weighted by Gasteiger charge is -2.41. The van der Waals surface area contributed by atoms with Crippen LogP contribution in [0, 0.1) is 11.8 Å². The van der Waals surface area contributed by atoms with Gasteiger partial charge < -0.3 is 25.0 Å². The zero-order chi connectivity index (χ0) is 22.5. The Hall–Kier alpha value is -3.22. The molecule has 170 valence electrons. The zero-order valence-electron chi connectivity index (χ0n) is 18.7. The highest BCUT2D eigenvalue weighted by molar-refractivity contribution is 6.01. The van der Waals surface area contributed by atoms with Crippen molar-refractivity contribution in [1.82, 2.24) is 4.90 Å². The number of methoxy groups -OCH3 is 2. The van der Waals surface area contributed by atoms with Gasteiger partial charge in [0.1, 0.15) is 11.5 Å². The van der Waals surface area contributed by atoms with E-state index in [1.54, 1.807) is 56.7 Å². The van der Waals surface area contributed by atoms with Crippen LogP contribution in [0.15, 0.2) is 42.5 Å². The number of piperidine rings is 1. The minimum Gasteiger partial charge on any atom is -0.497 e. The summed E-state index contributed by atoms with van der Waals surface area (Å²) in [4.78, 5) is 27.6. The van der Waals surface area contributed by atoms with Crippen molar-refractivity contribution >= 4 is 23.3 Å². The number of likely N-dealkylation sites (tertiary alicyclic amines) is 1. The molecule has 0 bridgehead atoms. The summed E-state index contributed by atoms with van der Waals surface area (Å²) in [7, 11) is 3.12. The Balaban J connectivity index is 1.42. The van der Waals surface area contributed by atoms with Gasteiger partial charge in [-0.25, -0.2) is 4.79 Å². The molecule has 2 N–H and O–H groups in total. The molecule has 1 heterocycles. The predicted molar refractivity (Wildman–Crippen MR) is 125 cm³/mol. The largest absolute Gasteiger partial charge is 0.497 e. The Labute approximate surface area is 189 Å². The second-order valence-corrected chi connectivity index (χ2v) is 8.57. The molecule has 0 spiro atoms. The number of hydrogen-bond acceptors (Lipinski definition) is 4. The molecule has 2 atom stereocenters. The van der Waals surface area contributed by atoms with Gasteiger partial charge in [0.15, 0.2) is 0 Å². The van der Waals surface area contributed by atoms with Crippen LogP contribution in [0.5, 0.6) is 11.5 Å². The zero-order valence-corrected chi connectivity index (χ0v) is 18.7. The van der Waals surface area contributed by atoms with E-state index in [2.05, 4.69) is 10.6 Å². The molecule has 4 rings (SSSR count). The Morgan fingerprint density at radius 3 is 2.41 bits per heavy atom. The van der Waals surface area contributed by atoms with E-state index in [4.69, 9.17) is 9.47 Å². The molecular weight excluding hydrogens is 406 g/mol. The molecule has 3 amide bonds. The molecule has 2 aliphatic rings. The number of fused-ring (bicyclic) bond motifs is 1. The average Bonchev–Trinajstić information content (AvgIpc) is 2.83. The first-order valence-corrected chi connectivity index (χ1v) is 11.3. The minimum absolute atomic E-state index is 0.00162. The van der Waals surface area contributed by atoms with Crippen molar-refractivity contribution in [2.45, 2.75) is 32.1 Å². The Bertz CT molecular complexity index is 977. The molecule has 1 saturated heterocycles. The summed E-state index contributed by atoms with van der Waals surface area (Å²) in [6, 6.07) is 11.9. The van der Waals surface area contributed by atoms with Crippen molar-refractivity contribution in [3.8, 4) is 11.5 Å². The third kappa shape index (κ3) is 4.98. The summed E-state index contributed by atoms with van der Waals surface area (Å²) in [5.74, 6) is 2.50. The maximum absolute atomic E-state index is 13.2. The lowest BCUT2D eigenvalue weighted by Crippen LogP contribution is -2.44. The highest BCUT2D eigenvalue weighted by atomic mass is 16.5. The van der Waals surface area contributed by atoms with E-state index in [0.29, 0.717) is 34.4 Å². The van der Waals surface area contributed by atoms with Crippen molar-refractivity contribution in [3.63, 3.8) is 0 Å². The number of nitrogens with zero attached hydrogens (tertiary/aromatic N) is 1. The highest BCUT2D eigenvalue weighted by Crippen LogP contribution is 2.37. The fourth-order valence-electron chi connectivity index (χ4n) is 4.90. The predicted octanol–water partition coefficient (Wildman–Crippen LogP) is 5.00. The van der Waals surface area contributed by atoms with E-state index >= 15 is 0 Å². The number of carbonyl (C=O) groups is 2. The topological polar surface area (TPSA) is 79.9 Å². The van der Waals surface area contributed by atoms with Crippen molar-refractivity contribution in [1.29, 1.82) is 0 Å². The van der Waals surface area contributed by atoms with Gasteiger partial charge in [-0.05, 0) is 48.9 Å². The molecule has 1 aliphatic carbocycles. The number of nitrogens with one attached hydrogen (secondary N) is 2. The second-order valence-electron chi connectivity index (χ2n) is 8.57. The van der Waals surface area contributed by atoms with Crippen LogP contribution in [0.1, 0.15) is 42.5 Å². The Morgan fingerprint density at radius 1 is 0.906 bits per heavy atom. The molecule has 2 aromatic rings. The molecule has 0 aromatic heterocycles. The van der Waals surface area contributed by atoms with Crippen LogP contribution < -0.4 is 20.1 Å². The summed E-state index contributed by atoms with van der Waals surface area (Å²) in [5.41, 5.74) is 1.69. The van der Waals surface area contributed by atoms with E-state index in [1.165, 1.54) is 25.7 Å². The van der Waals surface area contributed by atoms with Crippen molar-refractivity contribution in [3.05, 3.63) is 48.0 Å². The van der Waals surface area contributed by atoms with Crippen molar-refractivity contribution in [2.75, 3.05) is 37.9 Å². The molecule has 7 heteroatoms. The maximum atomic E-state index is 13.2. The number of benzene rings is 2. The number of urea groups is 1. The van der Waals surface area contributed by atoms with Gasteiger partial charge in [-0.15, -0.1) is 0 Å². The highest BCUT2D eigenvalue weighted by Gasteiger charge is 2.33. The molecule has 32 heavy (non-hydrogen) atoms. The first kappa shape index (κ1) is 22.0. The van der Waals surface area contributed by atoms with Crippen molar-refractivity contribution in [2.24, 2.45) is 11.8 Å². The molecule has 1 aliphatic heterocycles. The fourth-order valence-corrected chi connectivity index (χ4v) is 4.90. The van der Waals surface area contributed by atoms with E-state index in [9.17, 15) is 9.59 Å². The lowest BCUT2D eigenvalue weighted by molar-refractivity contribution is 0.0518. The molecule has 1 saturated carbocycles. The first-order chi connectivity index (χ1) is 15.6. The van der Waals surface area contributed by atoms with Gasteiger partial charge in [-0.3, -0.25) is 4.79 Å². The fraction of sp³-hybridized carbons (Fsp3) is 0.440. The summed E-state index contributed by atoms with van der Waals surface area (Å²) < 4.78 is 10.7. The molecule has 7 nitrogen and oxygen atoms in total. The maximum Gasteiger partial charge on any atom is 0.323 e. The summed E-state index contributed by atoms with van der Waals surface area (Å²) in [5, 5.41) is 5.56. The van der Waals surface area contributed by atoms with Gasteiger partial charge in [0.2, 0.25) is 0 Å². The van der Waals surface area contributed by atoms with Gasteiger partial charge >= 0.3 is 6.03 Å². The Kier molecular flexibility index (Phi) is 6.83. The molecule has 2 fully saturated rings. The number of carbonyl (C=O) groups excluding carboxylic acids is 2. The molecule has 0 radical (unpaired) electrons. The third-order valence-corrected chi connectivity index (χ3v) is 6.60. The van der Waals surface area contributed by atoms with E-state index < -0.39 is 6.03 Å². The quantitative estimate of drug-likeness (QED) is 0.690. The second kappa shape index (κ2) is 9.94. The molecule has 0 unspecified atom stereocenters. The van der Waals surface area contributed by atoms with Crippen LogP contribution in [0.25, 0.3) is 0 Å².